The van der Waals surface area contributed by atoms with Crippen molar-refractivity contribution in [1.29, 1.82) is 0 Å². The van der Waals surface area contributed by atoms with Crippen LogP contribution in [0.2, 0.25) is 0 Å². The number of amides is 1. The highest BCUT2D eigenvalue weighted by atomic mass is 19.1. The van der Waals surface area contributed by atoms with E-state index in [9.17, 15) is 23.7 Å². The first-order chi connectivity index (χ1) is 16.2. The summed E-state index contributed by atoms with van der Waals surface area (Å²) in [7, 11) is 0. The monoisotopic (exact) mass is 469 g/mol. The lowest BCUT2D eigenvalue weighted by molar-refractivity contribution is -0.386. The van der Waals surface area contributed by atoms with E-state index >= 15 is 0 Å². The molecule has 1 aromatic heterocycles. The Labute approximate surface area is 195 Å². The molecule has 2 aromatic carbocycles. The fraction of sp³-hybridized carbons (Fsp3) is 0.333. The van der Waals surface area contributed by atoms with Gasteiger partial charge in [0, 0.05) is 26.2 Å². The Balaban J connectivity index is 1.48. The molecule has 34 heavy (non-hydrogen) atoms. The smallest absolute Gasteiger partial charge is 0.312 e. The predicted octanol–water partition coefficient (Wildman–Crippen LogP) is 3.62. The van der Waals surface area contributed by atoms with Crippen LogP contribution in [0.5, 0.6) is 0 Å². The van der Waals surface area contributed by atoms with Crippen LogP contribution in [0.4, 0.5) is 14.5 Å². The van der Waals surface area contributed by atoms with Gasteiger partial charge in [-0.05, 0) is 49.2 Å². The van der Waals surface area contributed by atoms with E-state index in [2.05, 4.69) is 10.00 Å². The van der Waals surface area contributed by atoms with Crippen molar-refractivity contribution in [1.82, 2.24) is 19.6 Å². The first-order valence-corrected chi connectivity index (χ1v) is 11.0. The molecule has 10 heteroatoms. The number of hydrogen-bond acceptors (Lipinski definition) is 5. The zero-order chi connectivity index (χ0) is 24.4. The third-order valence-corrected chi connectivity index (χ3v) is 6.21. The number of halogens is 2. The summed E-state index contributed by atoms with van der Waals surface area (Å²) in [5.41, 5.74) is 2.31. The molecule has 0 N–H and O–H groups in total. The van der Waals surface area contributed by atoms with Crippen LogP contribution in [-0.2, 0) is 11.3 Å². The van der Waals surface area contributed by atoms with Crippen molar-refractivity contribution in [3.8, 4) is 0 Å². The van der Waals surface area contributed by atoms with Gasteiger partial charge in [0.15, 0.2) is 0 Å². The largest absolute Gasteiger partial charge is 0.339 e. The fourth-order valence-electron chi connectivity index (χ4n) is 4.47. The second-order valence-corrected chi connectivity index (χ2v) is 8.36. The van der Waals surface area contributed by atoms with E-state index in [1.165, 1.54) is 28.9 Å². The molecule has 3 aromatic rings. The Hall–Kier alpha value is -3.66. The van der Waals surface area contributed by atoms with E-state index in [0.29, 0.717) is 31.9 Å². The van der Waals surface area contributed by atoms with E-state index in [4.69, 9.17) is 0 Å². The molecule has 0 atom stereocenters. The van der Waals surface area contributed by atoms with Crippen molar-refractivity contribution in [2.45, 2.75) is 26.4 Å². The van der Waals surface area contributed by atoms with Gasteiger partial charge in [-0.1, -0.05) is 24.3 Å². The van der Waals surface area contributed by atoms with Crippen molar-refractivity contribution < 1.29 is 18.5 Å². The van der Waals surface area contributed by atoms with Gasteiger partial charge in [0.1, 0.15) is 29.6 Å². The summed E-state index contributed by atoms with van der Waals surface area (Å²) < 4.78 is 28.4. The van der Waals surface area contributed by atoms with Gasteiger partial charge in [0.25, 0.3) is 0 Å². The molecule has 0 spiro atoms. The number of carbonyl (C=O) groups excluding carboxylic acids is 1. The third kappa shape index (κ3) is 4.81. The Morgan fingerprint density at radius 1 is 0.971 bits per heavy atom. The average Bonchev–Trinajstić information content (AvgIpc) is 3.09. The van der Waals surface area contributed by atoms with E-state index in [0.717, 1.165) is 11.1 Å². The maximum Gasteiger partial charge on any atom is 0.312 e. The second kappa shape index (κ2) is 9.68. The molecule has 0 saturated carbocycles. The molecule has 178 valence electrons. The van der Waals surface area contributed by atoms with Crippen molar-refractivity contribution in [2.24, 2.45) is 0 Å². The van der Waals surface area contributed by atoms with Crippen LogP contribution >= 0.6 is 0 Å². The topological polar surface area (TPSA) is 84.5 Å². The van der Waals surface area contributed by atoms with Crippen molar-refractivity contribution in [3.63, 3.8) is 0 Å². The first-order valence-electron chi connectivity index (χ1n) is 11.0. The predicted molar refractivity (Wildman–Crippen MR) is 121 cm³/mol. The summed E-state index contributed by atoms with van der Waals surface area (Å²) in [5, 5.41) is 15.4. The summed E-state index contributed by atoms with van der Waals surface area (Å²) in [6, 6.07) is 12.3. The summed E-state index contributed by atoms with van der Waals surface area (Å²) in [5.74, 6) is -0.830. The lowest BCUT2D eigenvalue weighted by atomic mass is 9.96. The van der Waals surface area contributed by atoms with Crippen LogP contribution < -0.4 is 0 Å². The van der Waals surface area contributed by atoms with Crippen LogP contribution in [0.25, 0.3) is 0 Å². The quantitative estimate of drug-likeness (QED) is 0.407. The molecule has 0 aliphatic carbocycles. The summed E-state index contributed by atoms with van der Waals surface area (Å²) >= 11 is 0. The maximum absolute atomic E-state index is 13.5. The number of benzene rings is 2. The maximum atomic E-state index is 13.5. The Bertz CT molecular complexity index is 1140. The minimum atomic E-state index is -0.484. The Kier molecular flexibility index (Phi) is 6.69. The van der Waals surface area contributed by atoms with E-state index < -0.39 is 4.92 Å². The van der Waals surface area contributed by atoms with E-state index in [1.54, 1.807) is 43.0 Å². The highest BCUT2D eigenvalue weighted by Gasteiger charge is 2.29. The molecule has 4 rings (SSSR count). The van der Waals surface area contributed by atoms with Crippen molar-refractivity contribution in [2.75, 3.05) is 26.2 Å². The van der Waals surface area contributed by atoms with E-state index in [1.807, 2.05) is 0 Å². The highest BCUT2D eigenvalue weighted by Crippen LogP contribution is 2.30. The zero-order valence-corrected chi connectivity index (χ0v) is 18.9. The van der Waals surface area contributed by atoms with Gasteiger partial charge in [-0.2, -0.15) is 5.10 Å². The van der Waals surface area contributed by atoms with Crippen LogP contribution in [0.15, 0.2) is 48.5 Å². The van der Waals surface area contributed by atoms with Crippen molar-refractivity contribution >= 4 is 11.6 Å². The second-order valence-electron chi connectivity index (χ2n) is 8.36. The minimum absolute atomic E-state index is 0.0696. The number of carbonyl (C=O) groups is 1. The molecule has 1 saturated heterocycles. The van der Waals surface area contributed by atoms with Gasteiger partial charge < -0.3 is 4.90 Å². The molecular weight excluding hydrogens is 444 g/mol. The first kappa shape index (κ1) is 23.5. The van der Waals surface area contributed by atoms with Crippen LogP contribution in [-0.4, -0.2) is 56.6 Å². The SMILES string of the molecule is Cc1nn(CC(=O)N2CCN(C(c3ccc(F)cc3)c3ccc(F)cc3)CC2)c(C)c1[N+](=O)[O-]. The van der Waals surface area contributed by atoms with Gasteiger partial charge in [-0.15, -0.1) is 0 Å². The number of hydrogen-bond donors (Lipinski definition) is 0. The molecule has 8 nitrogen and oxygen atoms in total. The molecule has 1 fully saturated rings. The van der Waals surface area contributed by atoms with Gasteiger partial charge in [0.05, 0.1) is 11.0 Å². The Morgan fingerprint density at radius 3 is 1.91 bits per heavy atom. The number of aryl methyl sites for hydroxylation is 1. The van der Waals surface area contributed by atoms with Gasteiger partial charge in [-0.25, -0.2) is 8.78 Å². The minimum Gasteiger partial charge on any atom is -0.339 e. The summed E-state index contributed by atoms with van der Waals surface area (Å²) in [6.07, 6.45) is 0. The van der Waals surface area contributed by atoms with Gasteiger partial charge >= 0.3 is 5.69 Å². The van der Waals surface area contributed by atoms with Crippen LogP contribution in [0.3, 0.4) is 0 Å². The standard InChI is InChI=1S/C24H25F2N5O3/c1-16-23(31(33)34)17(2)30(27-16)15-22(32)28-11-13-29(14-12-28)24(18-3-7-20(25)8-4-18)19-5-9-21(26)10-6-19/h3-10,24H,11-15H2,1-2H3. The molecule has 1 amide bonds. The van der Waals surface area contributed by atoms with Gasteiger partial charge in [-0.3, -0.25) is 24.5 Å². The Morgan fingerprint density at radius 2 is 1.47 bits per heavy atom. The van der Waals surface area contributed by atoms with Crippen LogP contribution in [0, 0.1) is 35.6 Å². The van der Waals surface area contributed by atoms with E-state index in [-0.39, 0.29) is 41.5 Å². The molecule has 2 heterocycles. The zero-order valence-electron chi connectivity index (χ0n) is 18.9. The molecule has 0 bridgehead atoms. The number of aromatic nitrogens is 2. The summed E-state index contributed by atoms with van der Waals surface area (Å²) in [4.78, 5) is 27.5. The lowest BCUT2D eigenvalue weighted by Gasteiger charge is -2.39. The normalized spacial score (nSPS) is 14.6. The number of rotatable bonds is 6. The third-order valence-electron chi connectivity index (χ3n) is 6.21. The molecule has 1 aliphatic rings. The fourth-order valence-corrected chi connectivity index (χ4v) is 4.47. The molecule has 0 radical (unpaired) electrons. The molecular formula is C24H25F2N5O3. The van der Waals surface area contributed by atoms with Crippen molar-refractivity contribution in [3.05, 3.63) is 92.8 Å². The molecule has 1 aliphatic heterocycles. The summed E-state index contributed by atoms with van der Waals surface area (Å²) in [6.45, 7) is 5.10. The number of nitrogens with zero attached hydrogens (tertiary/aromatic N) is 5. The number of nitro groups is 1. The van der Waals surface area contributed by atoms with Crippen LogP contribution in [0.1, 0.15) is 28.6 Å². The lowest BCUT2D eigenvalue weighted by Crippen LogP contribution is -2.50. The number of piperazine rings is 1. The molecule has 0 unspecified atom stereocenters. The average molecular weight is 469 g/mol. The van der Waals surface area contributed by atoms with Gasteiger partial charge in [0.2, 0.25) is 5.91 Å². The highest BCUT2D eigenvalue weighted by molar-refractivity contribution is 5.76.